The fourth-order valence-electron chi connectivity index (χ4n) is 2.56. The van der Waals surface area contributed by atoms with Crippen molar-refractivity contribution in [1.29, 1.82) is 0 Å². The van der Waals surface area contributed by atoms with Gasteiger partial charge in [-0.3, -0.25) is 4.79 Å². The van der Waals surface area contributed by atoms with Gasteiger partial charge in [0.05, 0.1) is 18.3 Å². The van der Waals surface area contributed by atoms with E-state index in [0.717, 1.165) is 25.8 Å². The maximum Gasteiger partial charge on any atom is 0.154 e. The fourth-order valence-corrected chi connectivity index (χ4v) is 2.56. The maximum absolute atomic E-state index is 11.4. The summed E-state index contributed by atoms with van der Waals surface area (Å²) in [5.41, 5.74) is 2.59. The third-order valence-corrected chi connectivity index (χ3v) is 3.26. The monoisotopic (exact) mass is 190 g/mol. The van der Waals surface area contributed by atoms with E-state index in [1.165, 1.54) is 11.4 Å². The molecule has 1 saturated heterocycles. The Morgan fingerprint density at radius 3 is 3.36 bits per heavy atom. The van der Waals surface area contributed by atoms with Gasteiger partial charge in [-0.15, -0.1) is 0 Å². The number of ketones is 1. The van der Waals surface area contributed by atoms with Crippen molar-refractivity contribution in [3.05, 3.63) is 23.5 Å². The van der Waals surface area contributed by atoms with E-state index in [1.807, 2.05) is 0 Å². The molecule has 0 radical (unpaired) electrons. The first-order valence-corrected chi connectivity index (χ1v) is 5.26. The Morgan fingerprint density at radius 1 is 1.50 bits per heavy atom. The molecular weight excluding hydrogens is 176 g/mol. The van der Waals surface area contributed by atoms with Crippen LogP contribution in [-0.2, 0) is 4.79 Å². The molecule has 2 aliphatic heterocycles. The smallest absolute Gasteiger partial charge is 0.154 e. The van der Waals surface area contributed by atoms with Gasteiger partial charge in [0.25, 0.3) is 0 Å². The highest BCUT2D eigenvalue weighted by molar-refractivity contribution is 5.84. The van der Waals surface area contributed by atoms with Gasteiger partial charge in [0, 0.05) is 18.7 Å². The van der Waals surface area contributed by atoms with Crippen molar-refractivity contribution in [3.8, 4) is 0 Å². The summed E-state index contributed by atoms with van der Waals surface area (Å²) in [5.74, 6) is 0.379. The fraction of sp³-hybridized carbons (Fsp3) is 0.545. The van der Waals surface area contributed by atoms with E-state index in [1.54, 1.807) is 0 Å². The van der Waals surface area contributed by atoms with Crippen LogP contribution in [0.1, 0.15) is 19.3 Å². The molecule has 1 unspecified atom stereocenters. The van der Waals surface area contributed by atoms with Crippen LogP contribution in [0.25, 0.3) is 0 Å². The van der Waals surface area contributed by atoms with Crippen LogP contribution < -0.4 is 5.32 Å². The molecule has 1 atom stereocenters. The summed E-state index contributed by atoms with van der Waals surface area (Å²) in [6.45, 7) is 1.56. The Balaban J connectivity index is 1.96. The second-order valence-electron chi connectivity index (χ2n) is 4.21. The van der Waals surface area contributed by atoms with Crippen molar-refractivity contribution in [2.75, 3.05) is 13.1 Å². The molecule has 14 heavy (non-hydrogen) atoms. The van der Waals surface area contributed by atoms with Crippen molar-refractivity contribution in [2.24, 2.45) is 0 Å². The Hall–Kier alpha value is -1.25. The van der Waals surface area contributed by atoms with Crippen LogP contribution in [-0.4, -0.2) is 29.8 Å². The lowest BCUT2D eigenvalue weighted by Gasteiger charge is -2.36. The van der Waals surface area contributed by atoms with Gasteiger partial charge in [-0.1, -0.05) is 6.08 Å². The highest BCUT2D eigenvalue weighted by Crippen LogP contribution is 2.29. The molecule has 2 heterocycles. The Morgan fingerprint density at radius 2 is 2.43 bits per heavy atom. The first-order chi connectivity index (χ1) is 6.84. The van der Waals surface area contributed by atoms with Crippen molar-refractivity contribution in [2.45, 2.75) is 25.3 Å². The second-order valence-corrected chi connectivity index (χ2v) is 4.21. The number of hydrogen-bond donors (Lipinski definition) is 1. The number of rotatable bonds is 0. The minimum Gasteiger partial charge on any atom is -0.385 e. The number of allylic oxidation sites excluding steroid dienone is 3. The van der Waals surface area contributed by atoms with Crippen LogP contribution in [0.5, 0.6) is 0 Å². The quantitative estimate of drug-likeness (QED) is 0.613. The van der Waals surface area contributed by atoms with E-state index < -0.39 is 0 Å². The van der Waals surface area contributed by atoms with Gasteiger partial charge in [0.15, 0.2) is 5.78 Å². The Bertz CT molecular complexity index is 343. The van der Waals surface area contributed by atoms with E-state index >= 15 is 0 Å². The zero-order valence-corrected chi connectivity index (χ0v) is 8.12. The molecule has 1 fully saturated rings. The third-order valence-electron chi connectivity index (χ3n) is 3.26. The summed E-state index contributed by atoms with van der Waals surface area (Å²) < 4.78 is 0. The van der Waals surface area contributed by atoms with Crippen molar-refractivity contribution >= 4 is 5.78 Å². The molecule has 0 aromatic heterocycles. The van der Waals surface area contributed by atoms with Gasteiger partial charge >= 0.3 is 0 Å². The molecule has 0 saturated carbocycles. The van der Waals surface area contributed by atoms with E-state index in [-0.39, 0.29) is 0 Å². The van der Waals surface area contributed by atoms with Crippen LogP contribution in [0.3, 0.4) is 0 Å². The van der Waals surface area contributed by atoms with Gasteiger partial charge < -0.3 is 10.2 Å². The first-order valence-electron chi connectivity index (χ1n) is 5.26. The van der Waals surface area contributed by atoms with Crippen molar-refractivity contribution in [1.82, 2.24) is 10.2 Å². The molecule has 1 aliphatic carbocycles. The molecule has 3 aliphatic rings. The number of fused-ring (bicyclic) bond motifs is 2. The van der Waals surface area contributed by atoms with E-state index in [2.05, 4.69) is 22.4 Å². The van der Waals surface area contributed by atoms with Gasteiger partial charge in [0.2, 0.25) is 0 Å². The molecule has 3 heteroatoms. The van der Waals surface area contributed by atoms with Crippen molar-refractivity contribution in [3.63, 3.8) is 0 Å². The largest absolute Gasteiger partial charge is 0.385 e. The Kier molecular flexibility index (Phi) is 1.66. The molecule has 0 aromatic carbocycles. The summed E-state index contributed by atoms with van der Waals surface area (Å²) >= 11 is 0. The second kappa shape index (κ2) is 2.87. The number of nitrogens with zero attached hydrogens (tertiary/aromatic N) is 1. The van der Waals surface area contributed by atoms with Crippen LogP contribution in [0.4, 0.5) is 0 Å². The van der Waals surface area contributed by atoms with Gasteiger partial charge in [0.1, 0.15) is 0 Å². The standard InChI is InChI=1S/C11H14N2O/c14-9-5-8-6-12-10-3-1-2-4-11(10)13(8)7-9/h2,4,8,12H,1,3,5-7H2. The number of carbonyl (C=O) groups excluding carboxylic acids is 1. The highest BCUT2D eigenvalue weighted by Gasteiger charge is 2.35. The minimum absolute atomic E-state index is 0.379. The van der Waals surface area contributed by atoms with Crippen LogP contribution >= 0.6 is 0 Å². The number of Topliss-reactive ketones (excluding diaryl/α,β-unsaturated/α-hetero) is 1. The summed E-state index contributed by atoms with van der Waals surface area (Å²) in [6.07, 6.45) is 7.31. The van der Waals surface area contributed by atoms with Gasteiger partial charge in [-0.05, 0) is 18.9 Å². The van der Waals surface area contributed by atoms with Gasteiger partial charge in [-0.25, -0.2) is 0 Å². The molecular formula is C11H14N2O. The van der Waals surface area contributed by atoms with Crippen molar-refractivity contribution < 1.29 is 4.79 Å². The lowest BCUT2D eigenvalue weighted by molar-refractivity contribution is -0.116. The lowest BCUT2D eigenvalue weighted by atomic mass is 10.0. The number of hydrogen-bond acceptors (Lipinski definition) is 3. The normalized spacial score (nSPS) is 30.1. The molecule has 3 rings (SSSR count). The summed E-state index contributed by atoms with van der Waals surface area (Å²) in [7, 11) is 0. The average molecular weight is 190 g/mol. The number of nitrogens with one attached hydrogen (secondary N) is 1. The van der Waals surface area contributed by atoms with Crippen LogP contribution in [0, 0.1) is 0 Å². The maximum atomic E-state index is 11.4. The molecule has 0 amide bonds. The molecule has 0 aromatic rings. The molecule has 3 nitrogen and oxygen atoms in total. The molecule has 1 N–H and O–H groups in total. The van der Waals surface area contributed by atoms with E-state index in [9.17, 15) is 4.79 Å². The third kappa shape index (κ3) is 1.08. The summed E-state index contributed by atoms with van der Waals surface area (Å²) in [4.78, 5) is 13.6. The predicted octanol–water partition coefficient (Wildman–Crippen LogP) is 0.795. The summed E-state index contributed by atoms with van der Waals surface area (Å²) in [5, 5.41) is 3.45. The molecule has 74 valence electrons. The van der Waals surface area contributed by atoms with Crippen LogP contribution in [0.15, 0.2) is 23.5 Å². The molecule has 0 bridgehead atoms. The van der Waals surface area contributed by atoms with Gasteiger partial charge in [-0.2, -0.15) is 0 Å². The average Bonchev–Trinajstić information content (AvgIpc) is 2.59. The predicted molar refractivity (Wildman–Crippen MR) is 53.5 cm³/mol. The number of carbonyl (C=O) groups is 1. The van der Waals surface area contributed by atoms with E-state index in [0.29, 0.717) is 18.4 Å². The zero-order valence-electron chi connectivity index (χ0n) is 8.12. The topological polar surface area (TPSA) is 32.3 Å². The molecule has 0 spiro atoms. The highest BCUT2D eigenvalue weighted by atomic mass is 16.1. The zero-order chi connectivity index (χ0) is 9.54. The minimum atomic E-state index is 0.379. The summed E-state index contributed by atoms with van der Waals surface area (Å²) in [6, 6.07) is 0.406. The van der Waals surface area contributed by atoms with E-state index in [4.69, 9.17) is 0 Å². The SMILES string of the molecule is O=C1CC2CNC3=C(C=CCC3)N2C1. The van der Waals surface area contributed by atoms with Crippen LogP contribution in [0.2, 0.25) is 0 Å². The lowest BCUT2D eigenvalue weighted by Crippen LogP contribution is -2.43. The Labute approximate surface area is 83.5 Å². The first kappa shape index (κ1) is 8.09.